The summed E-state index contributed by atoms with van der Waals surface area (Å²) < 4.78 is 10.3. The molecule has 0 saturated heterocycles. The zero-order chi connectivity index (χ0) is 13.1. The van der Waals surface area contributed by atoms with Crippen molar-refractivity contribution in [1.29, 1.82) is 0 Å². The molecule has 0 radical (unpaired) electrons. The van der Waals surface area contributed by atoms with Gasteiger partial charge in [0.15, 0.2) is 5.76 Å². The van der Waals surface area contributed by atoms with Crippen molar-refractivity contribution in [2.45, 2.75) is 26.7 Å². The molecule has 18 heavy (non-hydrogen) atoms. The zero-order valence-corrected chi connectivity index (χ0v) is 10.2. The van der Waals surface area contributed by atoms with E-state index in [-0.39, 0.29) is 12.3 Å². The van der Waals surface area contributed by atoms with Crippen LogP contribution in [0.25, 0.3) is 11.6 Å². The summed E-state index contributed by atoms with van der Waals surface area (Å²) in [6.45, 7) is 3.72. The molecule has 0 saturated carbocycles. The molecule has 6 nitrogen and oxygen atoms in total. The lowest BCUT2D eigenvalue weighted by Crippen LogP contribution is -2.07. The highest BCUT2D eigenvalue weighted by molar-refractivity contribution is 5.66. The molecule has 2 heterocycles. The first-order valence-corrected chi connectivity index (χ1v) is 5.65. The van der Waals surface area contributed by atoms with Gasteiger partial charge in [-0.1, -0.05) is 12.1 Å². The lowest BCUT2D eigenvalue weighted by atomic mass is 10.0. The first-order chi connectivity index (χ1) is 8.56. The molecular formula is C12H14N2O4. The minimum atomic E-state index is -0.830. The van der Waals surface area contributed by atoms with Crippen molar-refractivity contribution in [2.24, 2.45) is 5.92 Å². The molecule has 6 heteroatoms. The van der Waals surface area contributed by atoms with Crippen LogP contribution in [0, 0.1) is 12.8 Å². The number of nitrogens with zero attached hydrogens (tertiary/aromatic N) is 2. The van der Waals surface area contributed by atoms with Crippen molar-refractivity contribution in [3.8, 4) is 11.6 Å². The van der Waals surface area contributed by atoms with Gasteiger partial charge >= 0.3 is 5.97 Å². The Morgan fingerprint density at radius 3 is 2.94 bits per heavy atom. The van der Waals surface area contributed by atoms with Crippen LogP contribution < -0.4 is 0 Å². The highest BCUT2D eigenvalue weighted by atomic mass is 16.5. The molecule has 1 unspecified atom stereocenters. The third-order valence-electron chi connectivity index (χ3n) is 2.58. The summed E-state index contributed by atoms with van der Waals surface area (Å²) in [5.41, 5.74) is 0.931. The third-order valence-corrected chi connectivity index (χ3v) is 2.58. The van der Waals surface area contributed by atoms with Crippen LogP contribution in [0.2, 0.25) is 0 Å². The first-order valence-electron chi connectivity index (χ1n) is 5.65. The second-order valence-electron chi connectivity index (χ2n) is 4.35. The lowest BCUT2D eigenvalue weighted by Gasteiger charge is -2.03. The number of aromatic nitrogens is 2. The monoisotopic (exact) mass is 250 g/mol. The minimum Gasteiger partial charge on any atom is -0.481 e. The fourth-order valence-electron chi connectivity index (χ4n) is 1.70. The van der Waals surface area contributed by atoms with Gasteiger partial charge in [0.25, 0.3) is 0 Å². The van der Waals surface area contributed by atoms with Gasteiger partial charge in [-0.2, -0.15) is 4.98 Å². The Morgan fingerprint density at radius 1 is 1.56 bits per heavy atom. The fraction of sp³-hybridized carbons (Fsp3) is 0.417. The molecular weight excluding hydrogens is 236 g/mol. The number of aliphatic carboxylic acids is 1. The zero-order valence-electron chi connectivity index (χ0n) is 10.2. The van der Waals surface area contributed by atoms with Crippen LogP contribution in [0.15, 0.2) is 21.3 Å². The standard InChI is InChI=1S/C12H14N2O4/c1-7(6-10(15)16)5-9-13-12(14-18-9)11-8(2)3-4-17-11/h3-4,7H,5-6H2,1-2H3,(H,15,16). The van der Waals surface area contributed by atoms with Crippen LogP contribution in [-0.4, -0.2) is 21.2 Å². The van der Waals surface area contributed by atoms with Crippen LogP contribution >= 0.6 is 0 Å². The largest absolute Gasteiger partial charge is 0.481 e. The van der Waals surface area contributed by atoms with Crippen molar-refractivity contribution in [3.05, 3.63) is 23.8 Å². The molecule has 1 N–H and O–H groups in total. The second kappa shape index (κ2) is 5.03. The van der Waals surface area contributed by atoms with E-state index in [0.29, 0.717) is 23.9 Å². The molecule has 0 spiro atoms. The quantitative estimate of drug-likeness (QED) is 0.875. The summed E-state index contributed by atoms with van der Waals surface area (Å²) >= 11 is 0. The Labute approximate surface area is 104 Å². The van der Waals surface area contributed by atoms with Crippen LogP contribution in [0.1, 0.15) is 24.8 Å². The van der Waals surface area contributed by atoms with E-state index in [1.165, 1.54) is 0 Å². The summed E-state index contributed by atoms with van der Waals surface area (Å²) in [5.74, 6) is 0.526. The molecule has 0 aliphatic heterocycles. The topological polar surface area (TPSA) is 89.4 Å². The number of furan rings is 1. The highest BCUT2D eigenvalue weighted by Crippen LogP contribution is 2.22. The summed E-state index contributed by atoms with van der Waals surface area (Å²) in [4.78, 5) is 14.8. The number of rotatable bonds is 5. The smallest absolute Gasteiger partial charge is 0.303 e. The molecule has 96 valence electrons. The Balaban J connectivity index is 2.07. The number of hydrogen-bond donors (Lipinski definition) is 1. The van der Waals surface area contributed by atoms with Gasteiger partial charge in [-0.25, -0.2) is 0 Å². The second-order valence-corrected chi connectivity index (χ2v) is 4.35. The van der Waals surface area contributed by atoms with Crippen LogP contribution in [0.4, 0.5) is 0 Å². The van der Waals surface area contributed by atoms with Gasteiger partial charge in [-0.15, -0.1) is 0 Å². The van der Waals surface area contributed by atoms with Crippen molar-refractivity contribution in [1.82, 2.24) is 10.1 Å². The van der Waals surface area contributed by atoms with E-state index >= 15 is 0 Å². The Bertz CT molecular complexity index is 544. The van der Waals surface area contributed by atoms with Crippen molar-refractivity contribution in [3.63, 3.8) is 0 Å². The normalized spacial score (nSPS) is 12.6. The van der Waals surface area contributed by atoms with Gasteiger partial charge in [0, 0.05) is 12.8 Å². The van der Waals surface area contributed by atoms with E-state index in [9.17, 15) is 4.79 Å². The molecule has 0 aliphatic carbocycles. The molecule has 2 aromatic heterocycles. The van der Waals surface area contributed by atoms with Crippen molar-refractivity contribution < 1.29 is 18.8 Å². The number of aryl methyl sites for hydroxylation is 1. The SMILES string of the molecule is Cc1ccoc1-c1noc(CC(C)CC(=O)O)n1. The molecule has 2 aromatic rings. The van der Waals surface area contributed by atoms with E-state index in [1.807, 2.05) is 19.9 Å². The Hall–Kier alpha value is -2.11. The third kappa shape index (κ3) is 2.77. The number of hydrogen-bond acceptors (Lipinski definition) is 5. The summed E-state index contributed by atoms with van der Waals surface area (Å²) in [7, 11) is 0. The van der Waals surface area contributed by atoms with Gasteiger partial charge in [-0.3, -0.25) is 4.79 Å². The average molecular weight is 250 g/mol. The van der Waals surface area contributed by atoms with Gasteiger partial charge in [0.2, 0.25) is 11.7 Å². The maximum Gasteiger partial charge on any atom is 0.303 e. The van der Waals surface area contributed by atoms with Gasteiger partial charge < -0.3 is 14.0 Å². The average Bonchev–Trinajstić information content (AvgIpc) is 2.85. The maximum absolute atomic E-state index is 10.6. The number of carboxylic acids is 1. The molecule has 0 aromatic carbocycles. The van der Waals surface area contributed by atoms with E-state index in [2.05, 4.69) is 10.1 Å². The predicted octanol–water partition coefficient (Wildman–Crippen LogP) is 2.29. The summed E-state index contributed by atoms with van der Waals surface area (Å²) in [5, 5.41) is 12.5. The van der Waals surface area contributed by atoms with E-state index < -0.39 is 5.97 Å². The summed E-state index contributed by atoms with van der Waals surface area (Å²) in [6, 6.07) is 1.82. The van der Waals surface area contributed by atoms with Crippen molar-refractivity contribution in [2.75, 3.05) is 0 Å². The molecule has 0 bridgehead atoms. The van der Waals surface area contributed by atoms with E-state index in [4.69, 9.17) is 14.0 Å². The molecule has 2 rings (SSSR count). The van der Waals surface area contributed by atoms with Gasteiger partial charge in [0.05, 0.1) is 6.26 Å². The first kappa shape index (κ1) is 12.3. The molecule has 0 amide bonds. The molecule has 0 fully saturated rings. The van der Waals surface area contributed by atoms with E-state index in [1.54, 1.807) is 6.26 Å². The van der Waals surface area contributed by atoms with Crippen LogP contribution in [0.5, 0.6) is 0 Å². The molecule has 1 atom stereocenters. The number of carboxylic acid groups (broad SMARTS) is 1. The van der Waals surface area contributed by atoms with Crippen LogP contribution in [0.3, 0.4) is 0 Å². The van der Waals surface area contributed by atoms with Crippen molar-refractivity contribution >= 4 is 5.97 Å². The lowest BCUT2D eigenvalue weighted by molar-refractivity contribution is -0.137. The van der Waals surface area contributed by atoms with E-state index in [0.717, 1.165) is 5.56 Å². The Kier molecular flexibility index (Phi) is 3.45. The van der Waals surface area contributed by atoms with Gasteiger partial charge in [0.1, 0.15) is 0 Å². The number of carbonyl (C=O) groups is 1. The molecule has 0 aliphatic rings. The fourth-order valence-corrected chi connectivity index (χ4v) is 1.70. The maximum atomic E-state index is 10.6. The van der Waals surface area contributed by atoms with Crippen LogP contribution in [-0.2, 0) is 11.2 Å². The summed E-state index contributed by atoms with van der Waals surface area (Å²) in [6.07, 6.45) is 2.09. The predicted molar refractivity (Wildman–Crippen MR) is 61.9 cm³/mol. The van der Waals surface area contributed by atoms with Gasteiger partial charge in [-0.05, 0) is 24.5 Å². The minimum absolute atomic E-state index is 0.0477. The Morgan fingerprint density at radius 2 is 2.33 bits per heavy atom. The highest BCUT2D eigenvalue weighted by Gasteiger charge is 2.16.